The number of nitrogens with one attached hydrogen (secondary N) is 1. The Balaban J connectivity index is 0.000000165. The molecule has 14 fully saturated rings. The van der Waals surface area contributed by atoms with Gasteiger partial charge in [-0.25, -0.2) is 9.59 Å². The van der Waals surface area contributed by atoms with Crippen LogP contribution in [0.3, 0.4) is 0 Å². The predicted molar refractivity (Wildman–Crippen MR) is 346 cm³/mol. The molecule has 0 aromatic carbocycles. The van der Waals surface area contributed by atoms with Crippen LogP contribution in [0.5, 0.6) is 0 Å². The standard InChI is InChI=1S/C38H63NO6.C37H62N2O6/c1-22(2)30(45-33(41)39(8)9)24-20-23(3)29-31(43-24)32(40)36(7)26-14-13-25-34(4,5)27(44-28-12-10-11-19-42-28)15-16-37(25)21-38(26,37)18-17-35(29,36)6;1-21(2)29(45-32(41)39(8)9)23-18-22(3)28-30(43-23)31(40)35(7)25-11-10-24-33(4,5)26(44-27-19-38-16-17-42-27)12-13-36(24)20-37(25,36)15-14-34(28,35)6/h22-32,40H,10-21H2,1-9H3;21-31,38,40H,10-20H2,1-9H3/t23-,24-,25+,26+,27?,28+,29+,30-,31+,32+,35-,36-,37-,38?;22-,23-,24+,25+,26?,27+,28+,29-,30+,31+,34-,35-,36-,37?/m11/s1. The number of ether oxygens (including phenoxy) is 8. The summed E-state index contributed by atoms with van der Waals surface area (Å²) in [6.45, 7) is 36.3. The first-order chi connectivity index (χ1) is 42.3. The molecule has 14 aliphatic rings. The highest BCUT2D eigenvalue weighted by atomic mass is 16.7. The Bertz CT molecular complexity index is 2480. The number of rotatable bonds is 10. The van der Waals surface area contributed by atoms with Gasteiger partial charge in [-0.05, 0) is 224 Å². The second kappa shape index (κ2) is 22.9. The van der Waals surface area contributed by atoms with Crippen LogP contribution in [0.2, 0.25) is 0 Å². The van der Waals surface area contributed by atoms with E-state index >= 15 is 0 Å². The highest BCUT2D eigenvalue weighted by Gasteiger charge is 2.87. The molecule has 512 valence electrons. The van der Waals surface area contributed by atoms with E-state index < -0.39 is 12.2 Å². The summed E-state index contributed by atoms with van der Waals surface area (Å²) in [5, 5.41) is 28.6. The zero-order valence-corrected chi connectivity index (χ0v) is 59.3. The maximum Gasteiger partial charge on any atom is 0.409 e. The summed E-state index contributed by atoms with van der Waals surface area (Å²) in [6, 6.07) is 0. The molecule has 90 heavy (non-hydrogen) atoms. The maximum absolute atomic E-state index is 12.6. The minimum Gasteiger partial charge on any atom is -0.443 e. The fraction of sp³-hybridized carbons (Fsp3) is 0.973. The van der Waals surface area contributed by atoms with E-state index in [0.29, 0.717) is 69.0 Å². The van der Waals surface area contributed by atoms with Crippen LogP contribution >= 0.6 is 0 Å². The third kappa shape index (κ3) is 9.38. The molecule has 4 aliphatic heterocycles. The summed E-state index contributed by atoms with van der Waals surface area (Å²) in [7, 11) is 6.92. The molecule has 28 atom stereocenters. The van der Waals surface area contributed by atoms with Gasteiger partial charge >= 0.3 is 12.2 Å². The van der Waals surface area contributed by atoms with Crippen molar-refractivity contribution in [1.29, 1.82) is 0 Å². The van der Waals surface area contributed by atoms with Crippen LogP contribution in [0.15, 0.2) is 0 Å². The second-order valence-electron chi connectivity index (χ2n) is 36.6. The number of hydrogen-bond acceptors (Lipinski definition) is 13. The Morgan fingerprint density at radius 3 is 1.32 bits per heavy atom. The summed E-state index contributed by atoms with van der Waals surface area (Å²) in [5.74, 6) is 3.97. The van der Waals surface area contributed by atoms with E-state index in [9.17, 15) is 19.8 Å². The molecule has 4 spiro atoms. The molecule has 2 amide bonds. The van der Waals surface area contributed by atoms with Gasteiger partial charge in [-0.15, -0.1) is 0 Å². The van der Waals surface area contributed by atoms with Gasteiger partial charge in [0, 0.05) is 58.7 Å². The first-order valence-electron chi connectivity index (χ1n) is 37.0. The van der Waals surface area contributed by atoms with Gasteiger partial charge in [-0.3, -0.25) is 0 Å². The largest absolute Gasteiger partial charge is 0.443 e. The van der Waals surface area contributed by atoms with Gasteiger partial charge in [0.05, 0.1) is 55.4 Å². The number of morpholine rings is 1. The van der Waals surface area contributed by atoms with Crippen LogP contribution in [0.1, 0.15) is 219 Å². The Morgan fingerprint density at radius 2 is 0.933 bits per heavy atom. The van der Waals surface area contributed by atoms with E-state index in [2.05, 4.69) is 102 Å². The van der Waals surface area contributed by atoms with Crippen LogP contribution in [0, 0.1) is 113 Å². The van der Waals surface area contributed by atoms with Gasteiger partial charge in [0.2, 0.25) is 0 Å². The summed E-state index contributed by atoms with van der Waals surface area (Å²) in [5.41, 5.74) is 1.24. The van der Waals surface area contributed by atoms with Crippen molar-refractivity contribution >= 4 is 12.2 Å². The van der Waals surface area contributed by atoms with Crippen molar-refractivity contribution in [3.05, 3.63) is 0 Å². The van der Waals surface area contributed by atoms with Gasteiger partial charge < -0.3 is 63.2 Å². The van der Waals surface area contributed by atoms with Gasteiger partial charge in [0.25, 0.3) is 0 Å². The van der Waals surface area contributed by atoms with Crippen LogP contribution in [-0.4, -0.2) is 160 Å². The number of hydrogen-bond donors (Lipinski definition) is 3. The van der Waals surface area contributed by atoms with E-state index in [-0.39, 0.29) is 118 Å². The Morgan fingerprint density at radius 1 is 0.522 bits per heavy atom. The maximum atomic E-state index is 12.6. The normalized spacial score (nSPS) is 52.0. The SMILES string of the molecule is CC(C)[C@@H](OC(=O)N(C)C)[C@H]1C[C@@H](C)[C@H]2[C@H](O1)[C@H](O)[C@@]1(C)[C@@H]3CC[C@H]4C(C)(C)C(O[C@H]5CCCCO5)CC[C@@]45CC35CC[C@]21C.CC(C)[C@@H](OC(=O)N(C)C)[C@H]1C[C@@H](C)[C@H]2[C@H](O1)[C@H](O)[C@@]1(C)[C@@H]3CC[C@H]4C(C)(C)C(O[C@H]5CNCCO5)CC[C@@]45CC35CC[C@]21C. The Hall–Kier alpha value is -1.82. The third-order valence-electron chi connectivity index (χ3n) is 31.4. The lowest BCUT2D eigenvalue weighted by Gasteiger charge is -2.64. The predicted octanol–water partition coefficient (Wildman–Crippen LogP) is 13.3. The molecule has 15 nitrogen and oxygen atoms in total. The van der Waals surface area contributed by atoms with Crippen molar-refractivity contribution < 1.29 is 57.7 Å². The zero-order chi connectivity index (χ0) is 64.6. The molecule has 4 saturated heterocycles. The first kappa shape index (κ1) is 66.8. The molecular weight excluding hydrogens is 1130 g/mol. The highest BCUT2D eigenvalue weighted by molar-refractivity contribution is 5.67. The third-order valence-corrected chi connectivity index (χ3v) is 31.4. The van der Waals surface area contributed by atoms with Crippen LogP contribution < -0.4 is 5.32 Å². The minimum absolute atomic E-state index is 0.0167. The number of nitrogens with zero attached hydrogens (tertiary/aromatic N) is 2. The summed E-state index contributed by atoms with van der Waals surface area (Å²) >= 11 is 0. The molecule has 10 aliphatic carbocycles. The molecule has 0 bridgehead atoms. The van der Waals surface area contributed by atoms with Crippen molar-refractivity contribution in [3.8, 4) is 0 Å². The van der Waals surface area contributed by atoms with Crippen molar-refractivity contribution in [3.63, 3.8) is 0 Å². The number of aliphatic hydroxyl groups is 2. The topological polar surface area (TPSA) is 167 Å². The molecule has 0 radical (unpaired) electrons. The zero-order valence-electron chi connectivity index (χ0n) is 59.3. The van der Waals surface area contributed by atoms with Crippen molar-refractivity contribution in [1.82, 2.24) is 15.1 Å². The van der Waals surface area contributed by atoms with Gasteiger partial charge in [-0.2, -0.15) is 0 Å². The molecule has 10 saturated carbocycles. The van der Waals surface area contributed by atoms with Gasteiger partial charge in [0.1, 0.15) is 12.2 Å². The van der Waals surface area contributed by atoms with E-state index in [1.54, 1.807) is 28.2 Å². The van der Waals surface area contributed by atoms with E-state index in [0.717, 1.165) is 71.2 Å². The monoisotopic (exact) mass is 1260 g/mol. The number of carbonyl (C=O) groups is 2. The molecular formula is C75H125N3O12. The average Bonchev–Trinajstić information content (AvgIpc) is 1.46. The summed E-state index contributed by atoms with van der Waals surface area (Å²) in [6.07, 6.45) is 19.3. The molecule has 0 aromatic rings. The highest BCUT2D eigenvalue weighted by Crippen LogP contribution is 2.91. The molecule has 14 rings (SSSR count). The van der Waals surface area contributed by atoms with E-state index in [1.807, 2.05) is 0 Å². The van der Waals surface area contributed by atoms with Crippen LogP contribution in [0.25, 0.3) is 0 Å². The van der Waals surface area contributed by atoms with Crippen molar-refractivity contribution in [2.24, 2.45) is 113 Å². The van der Waals surface area contributed by atoms with Crippen LogP contribution in [-0.2, 0) is 37.9 Å². The molecule has 0 aromatic heterocycles. The summed E-state index contributed by atoms with van der Waals surface area (Å²) < 4.78 is 51.5. The number of aliphatic hydroxyl groups excluding tert-OH is 2. The summed E-state index contributed by atoms with van der Waals surface area (Å²) in [4.78, 5) is 28.3. The fourth-order valence-electron chi connectivity index (χ4n) is 27.1. The second-order valence-corrected chi connectivity index (χ2v) is 36.6. The lowest BCUT2D eigenvalue weighted by Crippen LogP contribution is -2.60. The van der Waals surface area contributed by atoms with E-state index in [1.165, 1.54) is 86.8 Å². The lowest BCUT2D eigenvalue weighted by atomic mass is 9.41. The molecule has 15 heteroatoms. The van der Waals surface area contributed by atoms with Crippen LogP contribution in [0.4, 0.5) is 9.59 Å². The minimum atomic E-state index is -0.518. The first-order valence-corrected chi connectivity index (χ1v) is 37.0. The molecule has 4 heterocycles. The van der Waals surface area contributed by atoms with Gasteiger partial charge in [-0.1, -0.05) is 96.9 Å². The number of amides is 2. The smallest absolute Gasteiger partial charge is 0.409 e. The average molecular weight is 1260 g/mol. The van der Waals surface area contributed by atoms with Crippen molar-refractivity contribution in [2.75, 3.05) is 54.5 Å². The Labute approximate surface area is 543 Å². The quantitative estimate of drug-likeness (QED) is 0.177. The number of fused-ring (bicyclic) bond motifs is 8. The number of carbonyl (C=O) groups excluding carboxylic acids is 2. The molecule has 3 N–H and O–H groups in total. The lowest BCUT2D eigenvalue weighted by molar-refractivity contribution is -0.242. The van der Waals surface area contributed by atoms with E-state index in [4.69, 9.17) is 37.9 Å². The molecule has 4 unspecified atom stereocenters. The fourth-order valence-corrected chi connectivity index (χ4v) is 27.1. The van der Waals surface area contributed by atoms with Crippen molar-refractivity contribution in [2.45, 2.75) is 293 Å². The van der Waals surface area contributed by atoms with Gasteiger partial charge in [0.15, 0.2) is 12.6 Å². The Kier molecular flexibility index (Phi) is 17.0.